The number of imidazole rings is 1. The van der Waals surface area contributed by atoms with E-state index in [-0.39, 0.29) is 0 Å². The highest BCUT2D eigenvalue weighted by molar-refractivity contribution is 6.32. The predicted octanol–water partition coefficient (Wildman–Crippen LogP) is 5.48. The van der Waals surface area contributed by atoms with E-state index in [1.54, 1.807) is 7.11 Å². The molecule has 1 aliphatic heterocycles. The number of methoxy groups -OCH3 is 1. The van der Waals surface area contributed by atoms with Crippen LogP contribution in [0.25, 0.3) is 22.2 Å². The molecule has 0 N–H and O–H groups in total. The molecule has 0 saturated carbocycles. The summed E-state index contributed by atoms with van der Waals surface area (Å²) in [6.07, 6.45) is 1.66. The summed E-state index contributed by atoms with van der Waals surface area (Å²) >= 11 is 6.38. The van der Waals surface area contributed by atoms with Crippen LogP contribution in [0.15, 0.2) is 40.9 Å². The number of hydrogen-bond acceptors (Lipinski definition) is 6. The Kier molecular flexibility index (Phi) is 7.32. The van der Waals surface area contributed by atoms with Gasteiger partial charge in [-0.25, -0.2) is 4.98 Å². The average molecular weight is 509 g/mol. The molecular weight excluding hydrogens is 476 g/mol. The Morgan fingerprint density at radius 3 is 2.58 bits per heavy atom. The highest BCUT2D eigenvalue weighted by Crippen LogP contribution is 2.31. The minimum atomic E-state index is 0.364. The molecular formula is C28H33ClN4O3. The zero-order valence-corrected chi connectivity index (χ0v) is 22.1. The van der Waals surface area contributed by atoms with Crippen molar-refractivity contribution in [3.63, 3.8) is 0 Å². The fourth-order valence-corrected chi connectivity index (χ4v) is 5.42. The normalized spacial score (nSPS) is 15.5. The molecule has 0 aliphatic carbocycles. The Bertz CT molecular complexity index is 1340. The number of aromatic nitrogens is 3. The maximum Gasteiger partial charge on any atom is 0.141 e. The van der Waals surface area contributed by atoms with E-state index in [0.29, 0.717) is 16.8 Å². The number of benzene rings is 2. The predicted molar refractivity (Wildman–Crippen MR) is 142 cm³/mol. The Balaban J connectivity index is 1.49. The molecule has 1 aliphatic rings. The number of nitrogens with zero attached hydrogens (tertiary/aromatic N) is 4. The van der Waals surface area contributed by atoms with E-state index >= 15 is 0 Å². The first-order chi connectivity index (χ1) is 17.4. The van der Waals surface area contributed by atoms with Crippen LogP contribution in [-0.2, 0) is 24.1 Å². The van der Waals surface area contributed by atoms with E-state index in [0.717, 1.165) is 90.7 Å². The van der Waals surface area contributed by atoms with E-state index in [4.69, 9.17) is 30.6 Å². The van der Waals surface area contributed by atoms with E-state index in [9.17, 15) is 0 Å². The smallest absolute Gasteiger partial charge is 0.141 e. The van der Waals surface area contributed by atoms with E-state index in [1.165, 1.54) is 0 Å². The van der Waals surface area contributed by atoms with Crippen LogP contribution in [-0.4, -0.2) is 59.1 Å². The Labute approximate surface area is 216 Å². The third-order valence-corrected chi connectivity index (χ3v) is 7.41. The van der Waals surface area contributed by atoms with Crippen LogP contribution in [0.2, 0.25) is 5.02 Å². The average Bonchev–Trinajstić information content (AvgIpc) is 3.41. The lowest BCUT2D eigenvalue weighted by molar-refractivity contribution is 0.0170. The van der Waals surface area contributed by atoms with Gasteiger partial charge in [-0.3, -0.25) is 4.90 Å². The summed E-state index contributed by atoms with van der Waals surface area (Å²) in [7, 11) is 1.63. The van der Waals surface area contributed by atoms with Crippen molar-refractivity contribution < 1.29 is 14.0 Å². The fraction of sp³-hybridized carbons (Fsp3) is 0.429. The van der Waals surface area contributed by atoms with Gasteiger partial charge in [-0.15, -0.1) is 0 Å². The molecule has 0 unspecified atom stereocenters. The van der Waals surface area contributed by atoms with Gasteiger partial charge in [-0.1, -0.05) is 28.9 Å². The summed E-state index contributed by atoms with van der Waals surface area (Å²) in [6, 6.07) is 12.8. The Morgan fingerprint density at radius 1 is 1.08 bits per heavy atom. The van der Waals surface area contributed by atoms with Crippen molar-refractivity contribution in [1.29, 1.82) is 0 Å². The molecule has 1 saturated heterocycles. The lowest BCUT2D eigenvalue weighted by atomic mass is 10.0. The van der Waals surface area contributed by atoms with Gasteiger partial charge in [-0.2, -0.15) is 0 Å². The number of fused-ring (bicyclic) bond motifs is 1. The molecule has 5 rings (SSSR count). The van der Waals surface area contributed by atoms with Crippen LogP contribution in [0, 0.1) is 13.8 Å². The van der Waals surface area contributed by atoms with Crippen molar-refractivity contribution in [2.45, 2.75) is 46.2 Å². The quantitative estimate of drug-likeness (QED) is 0.314. The monoisotopic (exact) mass is 508 g/mol. The summed E-state index contributed by atoms with van der Waals surface area (Å²) < 4.78 is 18.7. The van der Waals surface area contributed by atoms with Crippen LogP contribution in [0.4, 0.5) is 0 Å². The Morgan fingerprint density at radius 2 is 1.89 bits per heavy atom. The van der Waals surface area contributed by atoms with Gasteiger partial charge in [0.15, 0.2) is 0 Å². The SMILES string of the molecule is COc1ccc(CCc2nc3ccc(-c4c(C)noc4C)cc3n2C[C@H](C)N2CCOCC2)cc1Cl. The second-order valence-electron chi connectivity index (χ2n) is 9.51. The third kappa shape index (κ3) is 5.01. The van der Waals surface area contributed by atoms with E-state index in [2.05, 4.69) is 45.8 Å². The number of ether oxygens (including phenoxy) is 2. The second kappa shape index (κ2) is 10.6. The number of halogens is 1. The Hall–Kier alpha value is -2.87. The molecule has 0 amide bonds. The van der Waals surface area contributed by atoms with Gasteiger partial charge in [0.25, 0.3) is 0 Å². The van der Waals surface area contributed by atoms with Crippen LogP contribution in [0.1, 0.15) is 29.8 Å². The maximum absolute atomic E-state index is 6.38. The number of morpholine rings is 1. The summed E-state index contributed by atoms with van der Waals surface area (Å²) in [4.78, 5) is 7.57. The molecule has 3 heterocycles. The highest BCUT2D eigenvalue weighted by Gasteiger charge is 2.21. The highest BCUT2D eigenvalue weighted by atomic mass is 35.5. The summed E-state index contributed by atoms with van der Waals surface area (Å²) in [6.45, 7) is 10.6. The first-order valence-electron chi connectivity index (χ1n) is 12.5. The van der Waals surface area contributed by atoms with Gasteiger partial charge in [-0.05, 0) is 62.6 Å². The number of rotatable bonds is 8. The molecule has 4 aromatic rings. The van der Waals surface area contributed by atoms with Crippen LogP contribution in [0.3, 0.4) is 0 Å². The van der Waals surface area contributed by atoms with Crippen LogP contribution >= 0.6 is 11.6 Å². The minimum Gasteiger partial charge on any atom is -0.495 e. The second-order valence-corrected chi connectivity index (χ2v) is 9.91. The maximum atomic E-state index is 6.38. The van der Waals surface area contributed by atoms with Gasteiger partial charge in [0.1, 0.15) is 17.3 Å². The first kappa shape index (κ1) is 24.8. The van der Waals surface area contributed by atoms with E-state index < -0.39 is 0 Å². The van der Waals surface area contributed by atoms with Crippen molar-refractivity contribution in [3.8, 4) is 16.9 Å². The zero-order chi connectivity index (χ0) is 25.2. The molecule has 1 fully saturated rings. The summed E-state index contributed by atoms with van der Waals surface area (Å²) in [5.41, 5.74) is 6.36. The van der Waals surface area contributed by atoms with Gasteiger partial charge in [0.2, 0.25) is 0 Å². The van der Waals surface area contributed by atoms with Gasteiger partial charge in [0.05, 0.1) is 42.1 Å². The molecule has 2 aromatic carbocycles. The summed E-state index contributed by atoms with van der Waals surface area (Å²) in [5, 5.41) is 4.79. The summed E-state index contributed by atoms with van der Waals surface area (Å²) in [5.74, 6) is 2.60. The minimum absolute atomic E-state index is 0.364. The molecule has 0 radical (unpaired) electrons. The number of aryl methyl sites for hydroxylation is 4. The van der Waals surface area contributed by atoms with Crippen molar-refractivity contribution >= 4 is 22.6 Å². The largest absolute Gasteiger partial charge is 0.495 e. The van der Waals surface area contributed by atoms with Gasteiger partial charge >= 0.3 is 0 Å². The molecule has 1 atom stereocenters. The van der Waals surface area contributed by atoms with Crippen molar-refractivity contribution in [2.75, 3.05) is 33.4 Å². The molecule has 0 spiro atoms. The van der Waals surface area contributed by atoms with E-state index in [1.807, 2.05) is 26.0 Å². The molecule has 7 nitrogen and oxygen atoms in total. The van der Waals surface area contributed by atoms with Crippen molar-refractivity contribution in [3.05, 3.63) is 64.3 Å². The van der Waals surface area contributed by atoms with Crippen LogP contribution in [0.5, 0.6) is 5.75 Å². The molecule has 190 valence electrons. The number of hydrogen-bond donors (Lipinski definition) is 0. The van der Waals surface area contributed by atoms with Crippen molar-refractivity contribution in [1.82, 2.24) is 19.6 Å². The van der Waals surface area contributed by atoms with Crippen LogP contribution < -0.4 is 4.74 Å². The topological polar surface area (TPSA) is 65.6 Å². The molecule has 2 aromatic heterocycles. The zero-order valence-electron chi connectivity index (χ0n) is 21.4. The molecule has 8 heteroatoms. The lowest BCUT2D eigenvalue weighted by Gasteiger charge is -2.32. The third-order valence-electron chi connectivity index (χ3n) is 7.12. The van der Waals surface area contributed by atoms with Gasteiger partial charge < -0.3 is 18.6 Å². The first-order valence-corrected chi connectivity index (χ1v) is 12.9. The lowest BCUT2D eigenvalue weighted by Crippen LogP contribution is -2.44. The standard InChI is InChI=1S/C28H33ClN4O3/c1-18(32-11-13-35-14-12-32)17-33-25-16-22(28-19(2)31-36-20(28)3)7-8-24(25)30-27(33)10-6-21-5-9-26(34-4)23(29)15-21/h5,7-9,15-16,18H,6,10-14,17H2,1-4H3/t18-/m0/s1. The van der Waals surface area contributed by atoms with Crippen molar-refractivity contribution in [2.24, 2.45) is 0 Å². The fourth-order valence-electron chi connectivity index (χ4n) is 5.14. The molecule has 36 heavy (non-hydrogen) atoms. The molecule has 0 bridgehead atoms. The van der Waals surface area contributed by atoms with Gasteiger partial charge in [0, 0.05) is 37.7 Å².